The summed E-state index contributed by atoms with van der Waals surface area (Å²) in [7, 11) is 0.472. The van der Waals surface area contributed by atoms with Gasteiger partial charge in [-0.05, 0) is 12.1 Å². The maximum atomic E-state index is 9.05. The molecule has 0 spiro atoms. The van der Waals surface area contributed by atoms with Crippen LogP contribution in [0.25, 0.3) is 10.9 Å². The molecule has 0 aliphatic rings. The molecule has 1 aromatic heterocycles. The van der Waals surface area contributed by atoms with E-state index in [1.165, 1.54) is 0 Å². The smallest absolute Gasteiger partial charge is 0.423 e. The van der Waals surface area contributed by atoms with Gasteiger partial charge in [0.1, 0.15) is 7.05 Å². The Hall–Kier alpha value is -1.39. The van der Waals surface area contributed by atoms with Crippen molar-refractivity contribution in [3.05, 3.63) is 36.5 Å². The Morgan fingerprint density at radius 2 is 1.93 bits per heavy atom. The fraction of sp³-hybridized carbons (Fsp3) is 0.100. The number of benzene rings is 1. The number of aromatic nitrogens is 1. The molecule has 0 aliphatic carbocycles. The Kier molecular flexibility index (Phi) is 2.23. The number of rotatable bonds is 1. The number of pyridine rings is 1. The molecule has 1 heterocycles. The van der Waals surface area contributed by atoms with E-state index in [1.54, 1.807) is 12.3 Å². The Morgan fingerprint density at radius 1 is 1.21 bits per heavy atom. The lowest BCUT2D eigenvalue weighted by molar-refractivity contribution is -0.644. The molecular formula is C10H11BNO2+. The van der Waals surface area contributed by atoms with Crippen molar-refractivity contribution in [2.24, 2.45) is 7.05 Å². The summed E-state index contributed by atoms with van der Waals surface area (Å²) in [5.74, 6) is 0. The molecule has 3 nitrogen and oxygen atoms in total. The SMILES string of the molecule is C[n+]1cc(B(O)O)cc2ccccc21. The largest absolute Gasteiger partial charge is 0.494 e. The first-order chi connectivity index (χ1) is 6.68. The molecule has 0 saturated carbocycles. The molecule has 2 N–H and O–H groups in total. The Balaban J connectivity index is 2.72. The Morgan fingerprint density at radius 3 is 2.64 bits per heavy atom. The van der Waals surface area contributed by atoms with E-state index in [0.29, 0.717) is 5.46 Å². The van der Waals surface area contributed by atoms with Crippen LogP contribution in [0.2, 0.25) is 0 Å². The third-order valence-corrected chi connectivity index (χ3v) is 2.28. The van der Waals surface area contributed by atoms with Crippen LogP contribution in [0.15, 0.2) is 36.5 Å². The van der Waals surface area contributed by atoms with Gasteiger partial charge in [-0.3, -0.25) is 0 Å². The average Bonchev–Trinajstić information content (AvgIpc) is 2.17. The summed E-state index contributed by atoms with van der Waals surface area (Å²) < 4.78 is 1.88. The molecule has 0 radical (unpaired) electrons. The van der Waals surface area contributed by atoms with Gasteiger partial charge >= 0.3 is 7.12 Å². The van der Waals surface area contributed by atoms with Crippen LogP contribution in [0.5, 0.6) is 0 Å². The number of hydrogen-bond donors (Lipinski definition) is 2. The van der Waals surface area contributed by atoms with Gasteiger partial charge in [-0.1, -0.05) is 12.1 Å². The second-order valence-electron chi connectivity index (χ2n) is 3.32. The topological polar surface area (TPSA) is 44.3 Å². The van der Waals surface area contributed by atoms with E-state index >= 15 is 0 Å². The van der Waals surface area contributed by atoms with Crippen molar-refractivity contribution < 1.29 is 14.6 Å². The number of fused-ring (bicyclic) bond motifs is 1. The molecule has 1 aromatic carbocycles. The summed E-state index contributed by atoms with van der Waals surface area (Å²) >= 11 is 0. The monoisotopic (exact) mass is 188 g/mol. The summed E-state index contributed by atoms with van der Waals surface area (Å²) in [6.45, 7) is 0. The van der Waals surface area contributed by atoms with Gasteiger partial charge in [0.2, 0.25) is 5.52 Å². The predicted octanol–water partition coefficient (Wildman–Crippen LogP) is -0.656. The number of para-hydroxylation sites is 1. The van der Waals surface area contributed by atoms with E-state index in [4.69, 9.17) is 10.0 Å². The fourth-order valence-electron chi connectivity index (χ4n) is 1.58. The molecule has 0 aliphatic heterocycles. The lowest BCUT2D eigenvalue weighted by atomic mass is 9.81. The highest BCUT2D eigenvalue weighted by atomic mass is 16.4. The van der Waals surface area contributed by atoms with Crippen molar-refractivity contribution in [2.45, 2.75) is 0 Å². The molecular weight excluding hydrogens is 177 g/mol. The number of aryl methyl sites for hydroxylation is 1. The lowest BCUT2D eigenvalue weighted by Crippen LogP contribution is -2.40. The van der Waals surface area contributed by atoms with E-state index in [0.717, 1.165) is 10.9 Å². The first-order valence-corrected chi connectivity index (χ1v) is 4.43. The highest BCUT2D eigenvalue weighted by Crippen LogP contribution is 2.06. The second kappa shape index (κ2) is 3.40. The molecule has 0 saturated heterocycles. The first kappa shape index (κ1) is 9.18. The first-order valence-electron chi connectivity index (χ1n) is 4.43. The van der Waals surface area contributed by atoms with Crippen LogP contribution in [-0.4, -0.2) is 17.2 Å². The molecule has 2 rings (SSSR count). The van der Waals surface area contributed by atoms with E-state index < -0.39 is 7.12 Å². The van der Waals surface area contributed by atoms with Crippen LogP contribution < -0.4 is 10.0 Å². The van der Waals surface area contributed by atoms with Gasteiger partial charge in [-0.2, -0.15) is 0 Å². The summed E-state index contributed by atoms with van der Waals surface area (Å²) in [5, 5.41) is 19.1. The molecule has 0 fully saturated rings. The van der Waals surface area contributed by atoms with Crippen molar-refractivity contribution in [1.82, 2.24) is 0 Å². The van der Waals surface area contributed by atoms with Gasteiger partial charge < -0.3 is 10.0 Å². The van der Waals surface area contributed by atoms with E-state index in [1.807, 2.05) is 35.9 Å². The lowest BCUT2D eigenvalue weighted by Gasteiger charge is -2.00. The molecule has 70 valence electrons. The van der Waals surface area contributed by atoms with Crippen LogP contribution in [0, 0.1) is 0 Å². The third kappa shape index (κ3) is 1.50. The van der Waals surface area contributed by atoms with Crippen LogP contribution in [-0.2, 0) is 7.05 Å². The molecule has 0 amide bonds. The quantitative estimate of drug-likeness (QED) is 0.461. The van der Waals surface area contributed by atoms with Gasteiger partial charge in [0.05, 0.1) is 0 Å². The minimum absolute atomic E-state index is 0.506. The van der Waals surface area contributed by atoms with Gasteiger partial charge in [0, 0.05) is 16.9 Å². The van der Waals surface area contributed by atoms with Crippen LogP contribution in [0.3, 0.4) is 0 Å². The molecule has 2 aromatic rings. The van der Waals surface area contributed by atoms with Gasteiger partial charge in [-0.15, -0.1) is 0 Å². The normalized spacial score (nSPS) is 10.5. The van der Waals surface area contributed by atoms with Crippen molar-refractivity contribution in [3.63, 3.8) is 0 Å². The zero-order valence-electron chi connectivity index (χ0n) is 7.88. The minimum atomic E-state index is -1.41. The highest BCUT2D eigenvalue weighted by molar-refractivity contribution is 6.58. The van der Waals surface area contributed by atoms with Crippen molar-refractivity contribution >= 4 is 23.5 Å². The standard InChI is InChI=1S/C10H11BNO2/c1-12-7-9(11(13)14)6-8-4-2-3-5-10(8)12/h2-7,13-14H,1H3/q+1. The zero-order valence-corrected chi connectivity index (χ0v) is 7.88. The molecule has 4 heteroatoms. The highest BCUT2D eigenvalue weighted by Gasteiger charge is 2.16. The molecule has 0 unspecified atom stereocenters. The maximum Gasteiger partial charge on any atom is 0.494 e. The van der Waals surface area contributed by atoms with Crippen molar-refractivity contribution in [3.8, 4) is 0 Å². The predicted molar refractivity (Wildman–Crippen MR) is 54.9 cm³/mol. The minimum Gasteiger partial charge on any atom is -0.423 e. The van der Waals surface area contributed by atoms with Crippen molar-refractivity contribution in [2.75, 3.05) is 0 Å². The molecule has 14 heavy (non-hydrogen) atoms. The summed E-state index contributed by atoms with van der Waals surface area (Å²) in [6.07, 6.45) is 1.72. The van der Waals surface area contributed by atoms with Crippen LogP contribution in [0.4, 0.5) is 0 Å². The van der Waals surface area contributed by atoms with Gasteiger partial charge in [0.25, 0.3) is 0 Å². The Bertz CT molecular complexity index is 471. The zero-order chi connectivity index (χ0) is 10.1. The fourth-order valence-corrected chi connectivity index (χ4v) is 1.58. The Labute approximate surface area is 82.4 Å². The van der Waals surface area contributed by atoms with E-state index in [2.05, 4.69) is 0 Å². The second-order valence-corrected chi connectivity index (χ2v) is 3.32. The maximum absolute atomic E-state index is 9.05. The number of nitrogens with zero attached hydrogens (tertiary/aromatic N) is 1. The summed E-state index contributed by atoms with van der Waals surface area (Å²) in [4.78, 5) is 0. The summed E-state index contributed by atoms with van der Waals surface area (Å²) in [5.41, 5.74) is 1.57. The van der Waals surface area contributed by atoms with Crippen LogP contribution in [0.1, 0.15) is 0 Å². The number of hydrogen-bond acceptors (Lipinski definition) is 2. The van der Waals surface area contributed by atoms with E-state index in [-0.39, 0.29) is 0 Å². The van der Waals surface area contributed by atoms with Crippen LogP contribution >= 0.6 is 0 Å². The molecule has 0 atom stereocenters. The van der Waals surface area contributed by atoms with Crippen molar-refractivity contribution in [1.29, 1.82) is 0 Å². The third-order valence-electron chi connectivity index (χ3n) is 2.28. The van der Waals surface area contributed by atoms with E-state index in [9.17, 15) is 0 Å². The van der Waals surface area contributed by atoms with Gasteiger partial charge in [-0.25, -0.2) is 4.57 Å². The average molecular weight is 188 g/mol. The summed E-state index contributed by atoms with van der Waals surface area (Å²) in [6, 6.07) is 9.59. The van der Waals surface area contributed by atoms with Gasteiger partial charge in [0.15, 0.2) is 6.20 Å². The molecule has 0 bridgehead atoms.